The van der Waals surface area contributed by atoms with Gasteiger partial charge in [-0.25, -0.2) is 9.78 Å². The number of nitrogens with zero attached hydrogens (tertiary/aromatic N) is 3. The monoisotopic (exact) mass is 205 g/mol. The average molecular weight is 205 g/mol. The summed E-state index contributed by atoms with van der Waals surface area (Å²) in [7, 11) is 0. The molecule has 0 unspecified atom stereocenters. The SMILES string of the molecule is Nc1ncc2c(n1)[nH]c(=O)n2CC1CC1. The molecule has 0 atom stereocenters. The van der Waals surface area contributed by atoms with E-state index in [-0.39, 0.29) is 11.6 Å². The summed E-state index contributed by atoms with van der Waals surface area (Å²) in [5.74, 6) is 0.821. The van der Waals surface area contributed by atoms with Crippen LogP contribution in [0.25, 0.3) is 11.2 Å². The fourth-order valence-electron chi connectivity index (χ4n) is 1.70. The van der Waals surface area contributed by atoms with Gasteiger partial charge in [0.05, 0.1) is 6.20 Å². The highest BCUT2D eigenvalue weighted by atomic mass is 16.1. The van der Waals surface area contributed by atoms with Gasteiger partial charge in [-0.1, -0.05) is 0 Å². The number of hydrogen-bond donors (Lipinski definition) is 2. The van der Waals surface area contributed by atoms with Crippen molar-refractivity contribution in [1.29, 1.82) is 0 Å². The van der Waals surface area contributed by atoms with Crippen LogP contribution >= 0.6 is 0 Å². The Balaban J connectivity index is 2.18. The lowest BCUT2D eigenvalue weighted by molar-refractivity contribution is 0.624. The number of aromatic amines is 1. The molecule has 3 rings (SSSR count). The number of nitrogens with two attached hydrogens (primary N) is 1. The molecule has 0 radical (unpaired) electrons. The molecule has 1 fully saturated rings. The third-order valence-electron chi connectivity index (χ3n) is 2.69. The van der Waals surface area contributed by atoms with Gasteiger partial charge in [0.25, 0.3) is 0 Å². The predicted octanol–water partition coefficient (Wildman–Crippen LogP) is 0.112. The summed E-state index contributed by atoms with van der Waals surface area (Å²) < 4.78 is 1.69. The zero-order valence-corrected chi connectivity index (χ0v) is 8.10. The molecule has 3 N–H and O–H groups in total. The highest BCUT2D eigenvalue weighted by Crippen LogP contribution is 2.30. The number of H-pyrrole nitrogens is 1. The van der Waals surface area contributed by atoms with Crippen LogP contribution in [0.3, 0.4) is 0 Å². The molecule has 1 saturated carbocycles. The van der Waals surface area contributed by atoms with Crippen LogP contribution in [0.4, 0.5) is 5.95 Å². The lowest BCUT2D eigenvalue weighted by Crippen LogP contribution is -2.17. The molecule has 1 aliphatic carbocycles. The molecule has 1 aliphatic rings. The molecule has 2 aromatic heterocycles. The minimum Gasteiger partial charge on any atom is -0.368 e. The van der Waals surface area contributed by atoms with Gasteiger partial charge in [0.2, 0.25) is 5.95 Å². The van der Waals surface area contributed by atoms with Gasteiger partial charge in [-0.05, 0) is 18.8 Å². The average Bonchev–Trinajstić information content (AvgIpc) is 2.93. The Morgan fingerprint density at radius 3 is 3.13 bits per heavy atom. The summed E-state index contributed by atoms with van der Waals surface area (Å²) in [6.45, 7) is 0.756. The van der Waals surface area contributed by atoms with Crippen molar-refractivity contribution < 1.29 is 0 Å². The van der Waals surface area contributed by atoms with Gasteiger partial charge in [0, 0.05) is 6.54 Å². The molecule has 0 aliphatic heterocycles. The molecule has 2 heterocycles. The molecular formula is C9H11N5O. The third kappa shape index (κ3) is 1.38. The molecule has 0 bridgehead atoms. The smallest absolute Gasteiger partial charge is 0.327 e. The van der Waals surface area contributed by atoms with Crippen molar-refractivity contribution >= 4 is 17.1 Å². The van der Waals surface area contributed by atoms with Crippen LogP contribution in [0, 0.1) is 5.92 Å². The standard InChI is InChI=1S/C9H11N5O/c10-8-11-3-6-7(12-8)13-9(15)14(6)4-5-1-2-5/h3,5H,1-2,4H2,(H3,10,11,12,13,15). The summed E-state index contributed by atoms with van der Waals surface area (Å²) >= 11 is 0. The maximum absolute atomic E-state index is 11.6. The first-order valence-corrected chi connectivity index (χ1v) is 4.95. The minimum atomic E-state index is -0.128. The largest absolute Gasteiger partial charge is 0.368 e. The highest BCUT2D eigenvalue weighted by Gasteiger charge is 2.23. The van der Waals surface area contributed by atoms with E-state index in [1.807, 2.05) is 0 Å². The van der Waals surface area contributed by atoms with Crippen LogP contribution in [-0.2, 0) is 6.54 Å². The molecule has 15 heavy (non-hydrogen) atoms. The minimum absolute atomic E-state index is 0.128. The lowest BCUT2D eigenvalue weighted by atomic mass is 10.4. The second kappa shape index (κ2) is 2.82. The van der Waals surface area contributed by atoms with E-state index >= 15 is 0 Å². The van der Waals surface area contributed by atoms with E-state index in [4.69, 9.17) is 5.73 Å². The van der Waals surface area contributed by atoms with Gasteiger partial charge in [0.1, 0.15) is 5.52 Å². The molecule has 0 aromatic carbocycles. The fraction of sp³-hybridized carbons (Fsp3) is 0.444. The van der Waals surface area contributed by atoms with E-state index in [1.165, 1.54) is 12.8 Å². The van der Waals surface area contributed by atoms with Crippen LogP contribution in [0.2, 0.25) is 0 Å². The Kier molecular flexibility index (Phi) is 1.59. The lowest BCUT2D eigenvalue weighted by Gasteiger charge is -1.99. The summed E-state index contributed by atoms with van der Waals surface area (Å²) in [6.07, 6.45) is 4.00. The number of aromatic nitrogens is 4. The molecule has 0 amide bonds. The molecule has 0 saturated heterocycles. The van der Waals surface area contributed by atoms with E-state index in [2.05, 4.69) is 15.0 Å². The normalized spacial score (nSPS) is 16.0. The van der Waals surface area contributed by atoms with E-state index in [9.17, 15) is 4.79 Å². The quantitative estimate of drug-likeness (QED) is 0.728. The molecule has 2 aromatic rings. The summed E-state index contributed by atoms with van der Waals surface area (Å²) in [5, 5.41) is 0. The first-order valence-electron chi connectivity index (χ1n) is 4.95. The van der Waals surface area contributed by atoms with E-state index in [0.29, 0.717) is 11.6 Å². The van der Waals surface area contributed by atoms with Crippen LogP contribution in [0.15, 0.2) is 11.0 Å². The number of nitrogens with one attached hydrogen (secondary N) is 1. The Bertz CT molecular complexity index is 565. The zero-order chi connectivity index (χ0) is 10.4. The first kappa shape index (κ1) is 8.46. The number of hydrogen-bond acceptors (Lipinski definition) is 4. The molecule has 6 heteroatoms. The van der Waals surface area contributed by atoms with Crippen LogP contribution in [0.1, 0.15) is 12.8 Å². The maximum atomic E-state index is 11.6. The Hall–Kier alpha value is -1.85. The van der Waals surface area contributed by atoms with Crippen molar-refractivity contribution in [3.8, 4) is 0 Å². The van der Waals surface area contributed by atoms with Crippen molar-refractivity contribution in [2.45, 2.75) is 19.4 Å². The third-order valence-corrected chi connectivity index (χ3v) is 2.69. The van der Waals surface area contributed by atoms with Crippen LogP contribution in [-0.4, -0.2) is 19.5 Å². The summed E-state index contributed by atoms with van der Waals surface area (Å²) in [4.78, 5) is 22.2. The molecule has 78 valence electrons. The molecular weight excluding hydrogens is 194 g/mol. The topological polar surface area (TPSA) is 89.6 Å². The molecule has 6 nitrogen and oxygen atoms in total. The van der Waals surface area contributed by atoms with E-state index in [0.717, 1.165) is 12.1 Å². The molecule has 0 spiro atoms. The van der Waals surface area contributed by atoms with Crippen molar-refractivity contribution in [3.05, 3.63) is 16.7 Å². The van der Waals surface area contributed by atoms with Gasteiger partial charge >= 0.3 is 5.69 Å². The van der Waals surface area contributed by atoms with Crippen molar-refractivity contribution in [2.24, 2.45) is 5.92 Å². The number of nitrogen functional groups attached to an aromatic ring is 1. The Labute approximate surface area is 85.1 Å². The van der Waals surface area contributed by atoms with E-state index in [1.54, 1.807) is 10.8 Å². The van der Waals surface area contributed by atoms with Gasteiger partial charge in [-0.2, -0.15) is 4.98 Å². The predicted molar refractivity (Wildman–Crippen MR) is 55.3 cm³/mol. The maximum Gasteiger partial charge on any atom is 0.327 e. The summed E-state index contributed by atoms with van der Waals surface area (Å²) in [5.41, 5.74) is 6.57. The van der Waals surface area contributed by atoms with Crippen molar-refractivity contribution in [2.75, 3.05) is 5.73 Å². The Morgan fingerprint density at radius 2 is 2.40 bits per heavy atom. The van der Waals surface area contributed by atoms with Gasteiger partial charge in [-0.15, -0.1) is 0 Å². The summed E-state index contributed by atoms with van der Waals surface area (Å²) in [6, 6.07) is 0. The van der Waals surface area contributed by atoms with Crippen molar-refractivity contribution in [3.63, 3.8) is 0 Å². The van der Waals surface area contributed by atoms with E-state index < -0.39 is 0 Å². The number of anilines is 1. The highest BCUT2D eigenvalue weighted by molar-refractivity contribution is 5.70. The van der Waals surface area contributed by atoms with Crippen molar-refractivity contribution in [1.82, 2.24) is 19.5 Å². The second-order valence-corrected chi connectivity index (χ2v) is 3.95. The van der Waals surface area contributed by atoms with Crippen LogP contribution < -0.4 is 11.4 Å². The van der Waals surface area contributed by atoms with Crippen LogP contribution in [0.5, 0.6) is 0 Å². The van der Waals surface area contributed by atoms with Gasteiger partial charge in [-0.3, -0.25) is 9.55 Å². The zero-order valence-electron chi connectivity index (χ0n) is 8.10. The Morgan fingerprint density at radius 1 is 1.60 bits per heavy atom. The number of fused-ring (bicyclic) bond motifs is 1. The number of imidazole rings is 1. The van der Waals surface area contributed by atoms with Gasteiger partial charge in [0.15, 0.2) is 5.65 Å². The second-order valence-electron chi connectivity index (χ2n) is 3.95. The first-order chi connectivity index (χ1) is 7.24. The number of rotatable bonds is 2. The fourth-order valence-corrected chi connectivity index (χ4v) is 1.70. The van der Waals surface area contributed by atoms with Gasteiger partial charge < -0.3 is 5.73 Å².